The maximum Gasteiger partial charge on any atom is 0.0650 e. The van der Waals surface area contributed by atoms with Gasteiger partial charge in [0.15, 0.2) is 0 Å². The molecule has 4 aliphatic carbocycles. The van der Waals surface area contributed by atoms with Gasteiger partial charge in [-0.2, -0.15) is 0 Å². The van der Waals surface area contributed by atoms with E-state index in [2.05, 4.69) is 31.8 Å². The van der Waals surface area contributed by atoms with Crippen LogP contribution in [0.1, 0.15) is 25.7 Å². The molecule has 0 N–H and O–H groups in total. The van der Waals surface area contributed by atoms with E-state index >= 15 is 0 Å². The summed E-state index contributed by atoms with van der Waals surface area (Å²) in [7, 11) is 7.17. The van der Waals surface area contributed by atoms with E-state index in [4.69, 9.17) is 9.05 Å². The molecule has 6 heteroatoms. The smallest absolute Gasteiger partial charge is 0.0650 e. The average molecular weight is 352 g/mol. The van der Waals surface area contributed by atoms with Crippen molar-refractivity contribution in [1.82, 2.24) is 0 Å². The number of hydrogen-bond acceptors (Lipinski definition) is 2. The van der Waals surface area contributed by atoms with Gasteiger partial charge in [0, 0.05) is 17.6 Å². The zero-order valence-electron chi connectivity index (χ0n) is 12.4. The first-order valence-corrected chi connectivity index (χ1v) is 12.0. The van der Waals surface area contributed by atoms with Crippen molar-refractivity contribution in [2.45, 2.75) is 49.2 Å². The lowest BCUT2D eigenvalue weighted by molar-refractivity contribution is 0.285. The van der Waals surface area contributed by atoms with Crippen LogP contribution in [0.5, 0.6) is 0 Å². The Hall–Kier alpha value is 1.64. The predicted octanol–water partition coefficient (Wildman–Crippen LogP) is 3.76. The Morgan fingerprint density at radius 2 is 1.05 bits per heavy atom. The van der Waals surface area contributed by atoms with E-state index in [1.807, 2.05) is 0 Å². The molecule has 4 rings (SSSR count). The first kappa shape index (κ1) is 16.5. The van der Waals surface area contributed by atoms with Crippen molar-refractivity contribution >= 4 is 36.1 Å². The predicted molar refractivity (Wildman–Crippen MR) is 97.6 cm³/mol. The molecule has 4 saturated carbocycles. The van der Waals surface area contributed by atoms with Crippen LogP contribution >= 0.6 is 36.1 Å². The van der Waals surface area contributed by atoms with Crippen molar-refractivity contribution < 1.29 is 9.05 Å². The van der Waals surface area contributed by atoms with Crippen molar-refractivity contribution in [2.75, 3.05) is 13.3 Å². The molecule has 0 aliphatic heterocycles. The summed E-state index contributed by atoms with van der Waals surface area (Å²) in [6, 6.07) is 0. The van der Waals surface area contributed by atoms with Crippen molar-refractivity contribution in [2.24, 2.45) is 23.7 Å². The van der Waals surface area contributed by atoms with Gasteiger partial charge >= 0.3 is 0 Å². The highest BCUT2D eigenvalue weighted by atomic mass is 31.1. The van der Waals surface area contributed by atoms with Crippen LogP contribution < -0.4 is 0 Å². The van der Waals surface area contributed by atoms with E-state index in [1.165, 1.54) is 25.7 Å². The highest BCUT2D eigenvalue weighted by Crippen LogP contribution is 2.56. The summed E-state index contributed by atoms with van der Waals surface area (Å²) < 4.78 is 11.1. The molecule has 2 nitrogen and oxygen atoms in total. The summed E-state index contributed by atoms with van der Waals surface area (Å²) in [5.74, 6) is 3.89. The molecule has 0 heterocycles. The monoisotopic (exact) mass is 352 g/mol. The van der Waals surface area contributed by atoms with Gasteiger partial charge in [0.05, 0.1) is 12.2 Å². The molecule has 12 unspecified atom stereocenters. The Balaban J connectivity index is 0.000000131. The van der Waals surface area contributed by atoms with Gasteiger partial charge in [-0.1, -0.05) is 0 Å². The normalized spacial score (nSPS) is 52.2. The minimum absolute atomic E-state index is 0.590. The third-order valence-electron chi connectivity index (χ3n) is 4.98. The van der Waals surface area contributed by atoms with E-state index < -0.39 is 0 Å². The molecular weight excluding hydrogens is 324 g/mol. The van der Waals surface area contributed by atoms with Crippen LogP contribution in [-0.2, 0) is 9.05 Å². The first-order valence-electron chi connectivity index (χ1n) is 7.81. The summed E-state index contributed by atoms with van der Waals surface area (Å²) in [6.45, 7) is 4.20. The Bertz CT molecular complexity index is 311. The minimum Gasteiger partial charge on any atom is -0.359 e. The first-order chi connectivity index (χ1) is 9.65. The molecule has 0 radical (unpaired) electrons. The maximum absolute atomic E-state index is 5.57. The lowest BCUT2D eigenvalue weighted by atomic mass is 10.3. The van der Waals surface area contributed by atoms with Gasteiger partial charge in [-0.3, -0.25) is 0 Å². The fourth-order valence-electron chi connectivity index (χ4n) is 3.31. The third-order valence-corrected chi connectivity index (χ3v) is 7.59. The molecular formula is C14H28O2P4. The highest BCUT2D eigenvalue weighted by Gasteiger charge is 2.55. The van der Waals surface area contributed by atoms with Crippen molar-refractivity contribution in [3.8, 4) is 0 Å². The Labute approximate surface area is 131 Å². The second kappa shape index (κ2) is 7.04. The fraction of sp³-hybridized carbons (Fsp3) is 1.00. The average Bonchev–Trinajstić information content (AvgIpc) is 3.21. The molecule has 116 valence electrons. The second-order valence-electron chi connectivity index (χ2n) is 6.65. The van der Waals surface area contributed by atoms with E-state index in [0.717, 1.165) is 35.0 Å². The zero-order chi connectivity index (χ0) is 14.3. The third kappa shape index (κ3) is 4.34. The lowest BCUT2D eigenvalue weighted by Crippen LogP contribution is -1.95. The summed E-state index contributed by atoms with van der Waals surface area (Å²) in [5, 5.41) is 0. The molecule has 0 bridgehead atoms. The van der Waals surface area contributed by atoms with Crippen molar-refractivity contribution in [3.63, 3.8) is 0 Å². The molecule has 12 atom stereocenters. The minimum atomic E-state index is 0.590. The highest BCUT2D eigenvalue weighted by molar-refractivity contribution is 7.31. The van der Waals surface area contributed by atoms with Gasteiger partial charge in [0.25, 0.3) is 0 Å². The van der Waals surface area contributed by atoms with E-state index in [0.29, 0.717) is 29.8 Å². The van der Waals surface area contributed by atoms with Crippen LogP contribution in [-0.4, -0.2) is 36.9 Å². The van der Waals surface area contributed by atoms with Crippen molar-refractivity contribution in [3.05, 3.63) is 0 Å². The number of rotatable bonds is 6. The van der Waals surface area contributed by atoms with Gasteiger partial charge in [0.1, 0.15) is 0 Å². The second-order valence-corrected chi connectivity index (χ2v) is 9.65. The molecule has 0 aromatic carbocycles. The number of hydrogen-bond donors (Lipinski definition) is 0. The summed E-state index contributed by atoms with van der Waals surface area (Å²) in [5.41, 5.74) is 1.98. The Kier molecular flexibility index (Phi) is 5.80. The van der Waals surface area contributed by atoms with Crippen LogP contribution in [0.3, 0.4) is 0 Å². The molecule has 0 aromatic rings. The lowest BCUT2D eigenvalue weighted by Gasteiger charge is -1.99. The van der Waals surface area contributed by atoms with Gasteiger partial charge in [-0.25, -0.2) is 0 Å². The van der Waals surface area contributed by atoms with Crippen molar-refractivity contribution in [1.29, 1.82) is 0 Å². The molecule has 0 spiro atoms. The fourth-order valence-corrected chi connectivity index (χ4v) is 5.66. The van der Waals surface area contributed by atoms with E-state index in [1.54, 1.807) is 0 Å². The maximum atomic E-state index is 5.57. The Morgan fingerprint density at radius 3 is 1.30 bits per heavy atom. The van der Waals surface area contributed by atoms with Gasteiger partial charge in [-0.15, -0.1) is 18.5 Å². The molecule has 20 heavy (non-hydrogen) atoms. The molecule has 0 aromatic heterocycles. The van der Waals surface area contributed by atoms with Crippen LogP contribution in [0.25, 0.3) is 0 Å². The van der Waals surface area contributed by atoms with Gasteiger partial charge < -0.3 is 9.05 Å². The molecule has 0 amide bonds. The molecule has 4 aliphatic rings. The summed E-state index contributed by atoms with van der Waals surface area (Å²) in [6.07, 6.45) is 6.73. The van der Waals surface area contributed by atoms with Gasteiger partial charge in [-0.05, 0) is 74.0 Å². The summed E-state index contributed by atoms with van der Waals surface area (Å²) >= 11 is 0. The SMILES string of the molecule is CPOC1CC1C1CC1OPC.PC1CC1C1CC1P. The topological polar surface area (TPSA) is 18.5 Å². The van der Waals surface area contributed by atoms with Crippen LogP contribution in [0.2, 0.25) is 0 Å². The Morgan fingerprint density at radius 1 is 0.700 bits per heavy atom. The standard InChI is InChI=1S/C8H16O2P2.C6H12P2/c1-11-9-7-3-5(7)6-4-8(6)10-12-2;7-5-1-3(5)4-2-6(4)8/h5-8,11-12H,3-4H2,1-2H3;3-6H,1-2,7-8H2. The van der Waals surface area contributed by atoms with E-state index in [9.17, 15) is 0 Å². The zero-order valence-corrected chi connectivity index (χ0v) is 16.7. The summed E-state index contributed by atoms with van der Waals surface area (Å²) in [4.78, 5) is 0. The van der Waals surface area contributed by atoms with Gasteiger partial charge in [0.2, 0.25) is 0 Å². The molecule has 0 saturated heterocycles. The van der Waals surface area contributed by atoms with Crippen LogP contribution in [0, 0.1) is 23.7 Å². The van der Waals surface area contributed by atoms with E-state index in [-0.39, 0.29) is 0 Å². The van der Waals surface area contributed by atoms with Crippen LogP contribution in [0.4, 0.5) is 0 Å². The molecule has 4 fully saturated rings. The van der Waals surface area contributed by atoms with Crippen LogP contribution in [0.15, 0.2) is 0 Å². The quantitative estimate of drug-likeness (QED) is 0.678. The largest absolute Gasteiger partial charge is 0.359 e.